The molecule has 0 heterocycles. The molecule has 0 aliphatic heterocycles. The van der Waals surface area contributed by atoms with Crippen LogP contribution in [0.5, 0.6) is 0 Å². The minimum Gasteiger partial charge on any atom is -0.381 e. The minimum absolute atomic E-state index is 0.611. The number of halogens is 1. The topological polar surface area (TPSA) is 20.2 Å². The first-order chi connectivity index (χ1) is 6.02. The van der Waals surface area contributed by atoms with Crippen molar-refractivity contribution in [1.82, 2.24) is 0 Å². The van der Waals surface area contributed by atoms with Gasteiger partial charge in [-0.25, -0.2) is 0 Å². The van der Waals surface area contributed by atoms with Gasteiger partial charge in [-0.05, 0) is 18.9 Å². The first-order valence-electron chi connectivity index (χ1n) is 4.11. The maximum atomic E-state index is 9.27. The quantitative estimate of drug-likeness (QED) is 0.452. The molecule has 3 heteroatoms. The van der Waals surface area contributed by atoms with Crippen molar-refractivity contribution in [1.29, 1.82) is 0 Å². The lowest BCUT2D eigenvalue weighted by Crippen LogP contribution is -2.31. The van der Waals surface area contributed by atoms with E-state index in [1.54, 1.807) is 6.92 Å². The lowest BCUT2D eigenvalue weighted by atomic mass is 10.0. The van der Waals surface area contributed by atoms with E-state index in [9.17, 15) is 5.11 Å². The molecule has 2 atom stereocenters. The zero-order valence-electron chi connectivity index (χ0n) is 7.44. The number of aliphatic hydroxyl groups is 1. The summed E-state index contributed by atoms with van der Waals surface area (Å²) in [6.07, 6.45) is 0.611. The molecule has 0 spiro atoms. The largest absolute Gasteiger partial charge is 0.381 e. The van der Waals surface area contributed by atoms with Gasteiger partial charge in [0.2, 0.25) is 0 Å². The van der Waals surface area contributed by atoms with E-state index >= 15 is 0 Å². The fourth-order valence-corrected chi connectivity index (χ4v) is 1.33. The van der Waals surface area contributed by atoms with Crippen molar-refractivity contribution >= 4 is 24.2 Å². The maximum Gasteiger partial charge on any atom is 0.116 e. The van der Waals surface area contributed by atoms with E-state index in [0.29, 0.717) is 6.42 Å². The van der Waals surface area contributed by atoms with Crippen molar-refractivity contribution in [3.8, 4) is 0 Å². The van der Waals surface area contributed by atoms with Gasteiger partial charge in [-0.15, -0.1) is 24.2 Å². The highest BCUT2D eigenvalue weighted by molar-refractivity contribution is 7.80. The molecule has 0 fully saturated rings. The van der Waals surface area contributed by atoms with Gasteiger partial charge < -0.3 is 5.11 Å². The van der Waals surface area contributed by atoms with Gasteiger partial charge in [-0.2, -0.15) is 0 Å². The summed E-state index contributed by atoms with van der Waals surface area (Å²) in [5, 5.41) is 9.27. The van der Waals surface area contributed by atoms with Crippen molar-refractivity contribution in [3.05, 3.63) is 35.9 Å². The van der Waals surface area contributed by atoms with Crippen LogP contribution in [0.15, 0.2) is 30.3 Å². The monoisotopic (exact) mass is 216 g/mol. The highest BCUT2D eigenvalue weighted by Gasteiger charge is 2.27. The molecule has 0 bridgehead atoms. The first-order valence-corrected chi connectivity index (χ1v) is 5.01. The molecule has 0 aliphatic carbocycles. The van der Waals surface area contributed by atoms with Gasteiger partial charge in [0.1, 0.15) is 5.44 Å². The van der Waals surface area contributed by atoms with Crippen LogP contribution in [-0.4, -0.2) is 15.4 Å². The Labute approximate surface area is 89.1 Å². The maximum absolute atomic E-state index is 9.27. The Hall–Kier alpha value is -0.180. The van der Waals surface area contributed by atoms with Gasteiger partial charge >= 0.3 is 0 Å². The van der Waals surface area contributed by atoms with Crippen LogP contribution in [0.1, 0.15) is 12.5 Å². The van der Waals surface area contributed by atoms with Gasteiger partial charge in [0.25, 0.3) is 0 Å². The van der Waals surface area contributed by atoms with E-state index in [-0.39, 0.29) is 0 Å². The fourth-order valence-electron chi connectivity index (χ4n) is 1.09. The van der Waals surface area contributed by atoms with Crippen LogP contribution in [-0.2, 0) is 6.42 Å². The average Bonchev–Trinajstić information content (AvgIpc) is 2.05. The predicted molar refractivity (Wildman–Crippen MR) is 59.4 cm³/mol. The molecule has 72 valence electrons. The third kappa shape index (κ3) is 3.22. The van der Waals surface area contributed by atoms with Crippen LogP contribution in [0.3, 0.4) is 0 Å². The van der Waals surface area contributed by atoms with Gasteiger partial charge in [0.05, 0.1) is 4.87 Å². The summed E-state index contributed by atoms with van der Waals surface area (Å²) in [4.78, 5) is -0.704. The van der Waals surface area contributed by atoms with E-state index in [1.807, 2.05) is 30.3 Å². The molecular weight excluding hydrogens is 204 g/mol. The summed E-state index contributed by atoms with van der Waals surface area (Å²) in [6.45, 7) is 1.78. The Balaban J connectivity index is 2.69. The second-order valence-electron chi connectivity index (χ2n) is 3.31. The molecule has 0 radical (unpaired) electrons. The lowest BCUT2D eigenvalue weighted by Gasteiger charge is -2.24. The number of hydrogen-bond donors (Lipinski definition) is 2. The van der Waals surface area contributed by atoms with Crippen molar-refractivity contribution < 1.29 is 5.11 Å². The van der Waals surface area contributed by atoms with E-state index in [1.165, 1.54) is 0 Å². The van der Waals surface area contributed by atoms with Crippen LogP contribution >= 0.6 is 24.2 Å². The Morgan fingerprint density at radius 1 is 1.46 bits per heavy atom. The van der Waals surface area contributed by atoms with Crippen molar-refractivity contribution in [2.24, 2.45) is 0 Å². The molecule has 0 saturated carbocycles. The zero-order valence-corrected chi connectivity index (χ0v) is 9.09. The average molecular weight is 217 g/mol. The van der Waals surface area contributed by atoms with Crippen LogP contribution in [0.2, 0.25) is 0 Å². The second kappa shape index (κ2) is 4.36. The summed E-state index contributed by atoms with van der Waals surface area (Å²) in [5.74, 6) is 0. The molecule has 1 aromatic carbocycles. The highest BCUT2D eigenvalue weighted by atomic mass is 35.5. The van der Waals surface area contributed by atoms with E-state index < -0.39 is 10.3 Å². The number of thiol groups is 1. The van der Waals surface area contributed by atoms with E-state index in [4.69, 9.17) is 11.6 Å². The molecule has 0 aromatic heterocycles. The van der Waals surface area contributed by atoms with Crippen LogP contribution < -0.4 is 0 Å². The molecule has 0 amide bonds. The van der Waals surface area contributed by atoms with Gasteiger partial charge in [-0.3, -0.25) is 0 Å². The molecule has 13 heavy (non-hydrogen) atoms. The number of benzene rings is 1. The second-order valence-corrected chi connectivity index (χ2v) is 4.67. The van der Waals surface area contributed by atoms with Gasteiger partial charge in [0.15, 0.2) is 0 Å². The molecule has 2 unspecified atom stereocenters. The number of rotatable bonds is 3. The standard InChI is InChI=1S/C10H13ClOS/c1-10(11,9(12)13)7-8-5-3-2-4-6-8/h2-6,9,12-13H,7H2,1H3. The van der Waals surface area contributed by atoms with Crippen LogP contribution in [0, 0.1) is 0 Å². The third-order valence-corrected chi connectivity index (χ3v) is 2.99. The Morgan fingerprint density at radius 2 is 2.00 bits per heavy atom. The summed E-state index contributed by atoms with van der Waals surface area (Å²) in [5.41, 5.74) is 0.294. The Kier molecular flexibility index (Phi) is 3.65. The number of alkyl halides is 1. The van der Waals surface area contributed by atoms with Crippen molar-refractivity contribution in [2.45, 2.75) is 23.7 Å². The highest BCUT2D eigenvalue weighted by Crippen LogP contribution is 2.26. The molecule has 0 aliphatic rings. The smallest absolute Gasteiger partial charge is 0.116 e. The SMILES string of the molecule is CC(Cl)(Cc1ccccc1)C(O)S. The molecule has 1 nitrogen and oxygen atoms in total. The summed E-state index contributed by atoms with van der Waals surface area (Å²) < 4.78 is 0. The minimum atomic E-state index is -0.811. The first kappa shape index (κ1) is 10.9. The van der Waals surface area contributed by atoms with E-state index in [2.05, 4.69) is 12.6 Å². The predicted octanol–water partition coefficient (Wildman–Crippen LogP) is 2.47. The summed E-state index contributed by atoms with van der Waals surface area (Å²) >= 11 is 10.0. The molecule has 1 rings (SSSR count). The van der Waals surface area contributed by atoms with E-state index in [0.717, 1.165) is 5.56 Å². The van der Waals surface area contributed by atoms with Crippen molar-refractivity contribution in [2.75, 3.05) is 0 Å². The summed E-state index contributed by atoms with van der Waals surface area (Å²) in [6, 6.07) is 9.82. The van der Waals surface area contributed by atoms with Gasteiger partial charge in [-0.1, -0.05) is 30.3 Å². The Bertz CT molecular complexity index is 259. The molecule has 0 saturated heterocycles. The molecular formula is C10H13ClOS. The number of aliphatic hydroxyl groups excluding tert-OH is 1. The normalized spacial score (nSPS) is 17.8. The fraction of sp³-hybridized carbons (Fsp3) is 0.400. The number of hydrogen-bond acceptors (Lipinski definition) is 2. The van der Waals surface area contributed by atoms with Gasteiger partial charge in [0, 0.05) is 0 Å². The summed E-state index contributed by atoms with van der Waals surface area (Å²) in [7, 11) is 0. The Morgan fingerprint density at radius 3 is 2.46 bits per heavy atom. The lowest BCUT2D eigenvalue weighted by molar-refractivity contribution is 0.219. The van der Waals surface area contributed by atoms with Crippen LogP contribution in [0.4, 0.5) is 0 Å². The third-order valence-electron chi connectivity index (χ3n) is 1.93. The molecule has 1 N–H and O–H groups in total. The van der Waals surface area contributed by atoms with Crippen molar-refractivity contribution in [3.63, 3.8) is 0 Å². The zero-order chi connectivity index (χ0) is 9.90. The van der Waals surface area contributed by atoms with Crippen LogP contribution in [0.25, 0.3) is 0 Å². The molecule has 1 aromatic rings.